The van der Waals surface area contributed by atoms with E-state index in [1.54, 1.807) is 0 Å². The average molecular weight is 551 g/mol. The molecule has 0 amide bonds. The minimum atomic E-state index is 0.135. The Morgan fingerprint density at radius 1 is 0.415 bits per heavy atom. The zero-order chi connectivity index (χ0) is 26.4. The van der Waals surface area contributed by atoms with E-state index in [0.717, 1.165) is 0 Å². The molecule has 2 aliphatic heterocycles. The van der Waals surface area contributed by atoms with Gasteiger partial charge in [-0.1, -0.05) is 120 Å². The van der Waals surface area contributed by atoms with Gasteiger partial charge in [-0.3, -0.25) is 0 Å². The van der Waals surface area contributed by atoms with E-state index in [1.807, 2.05) is 22.7 Å². The normalized spacial score (nSPS) is 13.3. The number of thiophene rings is 2. The van der Waals surface area contributed by atoms with E-state index in [-0.39, 0.29) is 6.71 Å². The summed E-state index contributed by atoms with van der Waals surface area (Å²) < 4.78 is 5.60. The second kappa shape index (κ2) is 7.25. The van der Waals surface area contributed by atoms with Crippen LogP contribution < -0.4 is 16.4 Å². The Morgan fingerprint density at radius 2 is 0.878 bits per heavy atom. The SMILES string of the molecule is c1cc2c3c(c1)-c1cccc4sc5c6ccccc6cc(c5c14)B3c1cc3ccccc3c3sc4cccc-2c4c13. The second-order valence-corrected chi connectivity index (χ2v) is 13.6. The van der Waals surface area contributed by atoms with Crippen LogP contribution in [0.4, 0.5) is 0 Å². The summed E-state index contributed by atoms with van der Waals surface area (Å²) in [4.78, 5) is 0. The minimum Gasteiger partial charge on any atom is -0.135 e. The van der Waals surface area contributed by atoms with Gasteiger partial charge in [0.2, 0.25) is 6.71 Å². The lowest BCUT2D eigenvalue weighted by Gasteiger charge is -2.22. The van der Waals surface area contributed by atoms with Gasteiger partial charge in [-0.15, -0.1) is 22.7 Å². The van der Waals surface area contributed by atoms with Gasteiger partial charge in [0.25, 0.3) is 0 Å². The van der Waals surface area contributed by atoms with Gasteiger partial charge in [0.1, 0.15) is 0 Å². The molecule has 2 aliphatic rings. The molecule has 0 atom stereocenters. The molecule has 0 radical (unpaired) electrons. The molecule has 0 saturated heterocycles. The Balaban J connectivity index is 1.48. The van der Waals surface area contributed by atoms with Gasteiger partial charge in [-0.25, -0.2) is 0 Å². The van der Waals surface area contributed by atoms with E-state index in [2.05, 4.69) is 115 Å². The summed E-state index contributed by atoms with van der Waals surface area (Å²) in [6.07, 6.45) is 0. The number of hydrogen-bond donors (Lipinski definition) is 0. The molecule has 0 aliphatic carbocycles. The average Bonchev–Trinajstić information content (AvgIpc) is 3.54. The Bertz CT molecular complexity index is 2470. The zero-order valence-corrected chi connectivity index (χ0v) is 23.5. The molecule has 0 nitrogen and oxygen atoms in total. The number of rotatable bonds is 0. The summed E-state index contributed by atoms with van der Waals surface area (Å²) in [6, 6.07) is 44.0. The number of hydrogen-bond acceptors (Lipinski definition) is 2. The Labute approximate surface area is 244 Å². The fraction of sp³-hybridized carbons (Fsp3) is 0. The van der Waals surface area contributed by atoms with Crippen LogP contribution >= 0.6 is 22.7 Å². The maximum absolute atomic E-state index is 2.53. The van der Waals surface area contributed by atoms with E-state index in [9.17, 15) is 0 Å². The summed E-state index contributed by atoms with van der Waals surface area (Å²) in [5.74, 6) is 0. The molecule has 0 unspecified atom stereocenters. The van der Waals surface area contributed by atoms with E-state index in [1.165, 1.54) is 101 Å². The quantitative estimate of drug-likeness (QED) is 0.165. The van der Waals surface area contributed by atoms with Crippen LogP contribution in [0.5, 0.6) is 0 Å². The number of fused-ring (bicyclic) bond motifs is 8. The monoisotopic (exact) mass is 550 g/mol. The summed E-state index contributed by atoms with van der Waals surface area (Å²) in [7, 11) is 0. The highest BCUT2D eigenvalue weighted by Gasteiger charge is 2.38. The van der Waals surface area contributed by atoms with Crippen molar-refractivity contribution in [2.45, 2.75) is 0 Å². The topological polar surface area (TPSA) is 0 Å². The predicted molar refractivity (Wildman–Crippen MR) is 183 cm³/mol. The van der Waals surface area contributed by atoms with Crippen LogP contribution in [0.1, 0.15) is 0 Å². The maximum Gasteiger partial charge on any atom is 0.244 e. The highest BCUT2D eigenvalue weighted by molar-refractivity contribution is 7.28. The van der Waals surface area contributed by atoms with Gasteiger partial charge >= 0.3 is 0 Å². The van der Waals surface area contributed by atoms with Crippen molar-refractivity contribution in [1.29, 1.82) is 0 Å². The van der Waals surface area contributed by atoms with Crippen LogP contribution in [0.2, 0.25) is 0 Å². The molecular weight excluding hydrogens is 531 g/mol. The molecule has 0 N–H and O–H groups in total. The van der Waals surface area contributed by atoms with Crippen LogP contribution in [0.3, 0.4) is 0 Å². The van der Waals surface area contributed by atoms with Gasteiger partial charge < -0.3 is 0 Å². The van der Waals surface area contributed by atoms with E-state index < -0.39 is 0 Å². The summed E-state index contributed by atoms with van der Waals surface area (Å²) in [5.41, 5.74) is 9.87. The molecule has 0 saturated carbocycles. The molecule has 0 bridgehead atoms. The molecule has 186 valence electrons. The highest BCUT2D eigenvalue weighted by Crippen LogP contribution is 2.47. The molecule has 9 aromatic rings. The van der Waals surface area contributed by atoms with Crippen molar-refractivity contribution in [2.24, 2.45) is 0 Å². The molecule has 2 aromatic heterocycles. The molecular formula is C38H19BS2. The summed E-state index contributed by atoms with van der Waals surface area (Å²) in [5, 5.41) is 11.1. The van der Waals surface area contributed by atoms with E-state index in [0.29, 0.717) is 0 Å². The first kappa shape index (κ1) is 21.3. The molecule has 7 aromatic carbocycles. The highest BCUT2D eigenvalue weighted by atomic mass is 32.1. The van der Waals surface area contributed by atoms with E-state index >= 15 is 0 Å². The largest absolute Gasteiger partial charge is 0.244 e. The van der Waals surface area contributed by atoms with Crippen molar-refractivity contribution in [1.82, 2.24) is 0 Å². The zero-order valence-electron chi connectivity index (χ0n) is 21.9. The fourth-order valence-electron chi connectivity index (χ4n) is 8.09. The van der Waals surface area contributed by atoms with Crippen LogP contribution in [-0.4, -0.2) is 6.71 Å². The standard InChI is InChI=1S/C38H19BS2/c1-3-10-22-20(8-1)18-28-34-32-24(12-6-16-30(32)40-37(22)34)26-14-5-15-27-25-13-7-17-31-33(25)35-29(39(28)36(26)27)19-21-9-2-4-11-23(21)38(35)41-31/h1-19H. The first-order valence-electron chi connectivity index (χ1n) is 14.2. The Hall–Kier alpha value is -4.44. The predicted octanol–water partition coefficient (Wildman–Crippen LogP) is 9.21. The summed E-state index contributed by atoms with van der Waals surface area (Å²) in [6.45, 7) is 0.135. The fourth-order valence-corrected chi connectivity index (χ4v) is 10.7. The van der Waals surface area contributed by atoms with Crippen LogP contribution in [-0.2, 0) is 0 Å². The third-order valence-corrected chi connectivity index (χ3v) is 12.0. The second-order valence-electron chi connectivity index (χ2n) is 11.5. The van der Waals surface area contributed by atoms with Crippen molar-refractivity contribution in [3.05, 3.63) is 115 Å². The van der Waals surface area contributed by atoms with Crippen LogP contribution in [0, 0.1) is 0 Å². The Kier molecular flexibility index (Phi) is 3.77. The van der Waals surface area contributed by atoms with Gasteiger partial charge in [0, 0.05) is 29.6 Å². The van der Waals surface area contributed by atoms with Crippen LogP contribution in [0.15, 0.2) is 115 Å². The Morgan fingerprint density at radius 3 is 1.41 bits per heavy atom. The molecule has 11 rings (SSSR count). The third-order valence-electron chi connectivity index (χ3n) is 9.64. The van der Waals surface area contributed by atoms with E-state index in [4.69, 9.17) is 0 Å². The van der Waals surface area contributed by atoms with Crippen LogP contribution in [0.25, 0.3) is 84.1 Å². The molecule has 0 fully saturated rings. The lowest BCUT2D eigenvalue weighted by molar-refractivity contribution is 1.68. The van der Waals surface area contributed by atoms with Crippen molar-refractivity contribution in [3.8, 4) is 22.3 Å². The molecule has 0 spiro atoms. The lowest BCUT2D eigenvalue weighted by atomic mass is 9.35. The van der Waals surface area contributed by atoms with Gasteiger partial charge in [-0.2, -0.15) is 0 Å². The van der Waals surface area contributed by atoms with Crippen molar-refractivity contribution < 1.29 is 0 Å². The lowest BCUT2D eigenvalue weighted by Crippen LogP contribution is -2.53. The first-order valence-corrected chi connectivity index (χ1v) is 15.9. The minimum absolute atomic E-state index is 0.135. The number of benzene rings is 7. The van der Waals surface area contributed by atoms with Crippen molar-refractivity contribution in [3.63, 3.8) is 0 Å². The molecule has 4 heterocycles. The van der Waals surface area contributed by atoms with Gasteiger partial charge in [0.15, 0.2) is 0 Å². The van der Waals surface area contributed by atoms with Gasteiger partial charge in [-0.05, 0) is 66.7 Å². The summed E-state index contributed by atoms with van der Waals surface area (Å²) >= 11 is 3.93. The third kappa shape index (κ3) is 2.46. The molecule has 41 heavy (non-hydrogen) atoms. The maximum atomic E-state index is 2.53. The smallest absolute Gasteiger partial charge is 0.135 e. The van der Waals surface area contributed by atoms with Crippen molar-refractivity contribution in [2.75, 3.05) is 0 Å². The van der Waals surface area contributed by atoms with Gasteiger partial charge in [0.05, 0.1) is 0 Å². The first-order chi connectivity index (χ1) is 20.3. The molecule has 3 heteroatoms. The van der Waals surface area contributed by atoms with Crippen molar-refractivity contribution >= 4 is 108 Å².